The van der Waals surface area contributed by atoms with E-state index in [4.69, 9.17) is 17.4 Å². The van der Waals surface area contributed by atoms with Gasteiger partial charge in [-0.05, 0) is 46.6 Å². The topological polar surface area (TPSA) is 91.6 Å². The van der Waals surface area contributed by atoms with Crippen LogP contribution in [0.25, 0.3) is 0 Å². The number of aromatic nitrogens is 1. The highest BCUT2D eigenvalue weighted by Crippen LogP contribution is 2.27. The molecule has 3 atom stereocenters. The lowest BCUT2D eigenvalue weighted by Crippen LogP contribution is -2.45. The van der Waals surface area contributed by atoms with Crippen LogP contribution in [0.3, 0.4) is 0 Å². The Morgan fingerprint density at radius 1 is 1.42 bits per heavy atom. The van der Waals surface area contributed by atoms with Crippen LogP contribution in [-0.4, -0.2) is 45.5 Å². The number of nitrogens with one attached hydrogen (secondary N) is 1. The van der Waals surface area contributed by atoms with Crippen LogP contribution in [0.2, 0.25) is 5.02 Å². The minimum Gasteiger partial charge on any atom is -0.333 e. The summed E-state index contributed by atoms with van der Waals surface area (Å²) in [6.45, 7) is 8.03. The molecule has 3 N–H and O–H groups in total. The quantitative estimate of drug-likeness (QED) is 0.458. The molecule has 146 valence electrons. The van der Waals surface area contributed by atoms with Crippen LogP contribution in [0.1, 0.15) is 62.6 Å². The predicted octanol–water partition coefficient (Wildman–Crippen LogP) is 3.14. The molecule has 0 spiro atoms. The van der Waals surface area contributed by atoms with Crippen molar-refractivity contribution in [3.63, 3.8) is 0 Å². The van der Waals surface area contributed by atoms with Gasteiger partial charge in [-0.15, -0.1) is 12.4 Å². The third kappa shape index (κ3) is 4.78. The Balaban J connectivity index is 0.00000338. The van der Waals surface area contributed by atoms with Crippen LogP contribution in [0.15, 0.2) is 12.3 Å². The molecule has 3 amide bonds. The monoisotopic (exact) mass is 403 g/mol. The van der Waals surface area contributed by atoms with Crippen LogP contribution in [0.4, 0.5) is 4.79 Å². The van der Waals surface area contributed by atoms with E-state index in [1.54, 1.807) is 19.9 Å². The number of likely N-dealkylation sites (tertiary alicyclic amines) is 1. The summed E-state index contributed by atoms with van der Waals surface area (Å²) in [5.74, 6) is 5.50. The van der Waals surface area contributed by atoms with Crippen molar-refractivity contribution in [2.24, 2.45) is 5.84 Å². The fraction of sp³-hybridized carbons (Fsp3) is 0.588. The van der Waals surface area contributed by atoms with Crippen molar-refractivity contribution in [1.82, 2.24) is 20.2 Å². The number of carbonyl (C=O) groups excluding carboxylic acids is 2. The second-order valence-corrected chi connectivity index (χ2v) is 6.94. The molecule has 2 rings (SSSR count). The third-order valence-corrected chi connectivity index (χ3v) is 4.96. The molecular formula is C17H27Cl2N5O2. The Bertz CT molecular complexity index is 648. The van der Waals surface area contributed by atoms with Crippen molar-refractivity contribution in [1.29, 1.82) is 0 Å². The van der Waals surface area contributed by atoms with Gasteiger partial charge in [0.2, 0.25) is 0 Å². The molecule has 0 radical (unpaired) electrons. The molecule has 26 heavy (non-hydrogen) atoms. The molecule has 0 saturated carbocycles. The molecule has 0 unspecified atom stereocenters. The van der Waals surface area contributed by atoms with Crippen molar-refractivity contribution in [3.05, 3.63) is 28.5 Å². The van der Waals surface area contributed by atoms with Gasteiger partial charge in [0.05, 0.1) is 22.3 Å². The van der Waals surface area contributed by atoms with Gasteiger partial charge in [0.25, 0.3) is 5.91 Å². The SMILES string of the molecule is CCN(N)C(=O)N[C@H](C)c1ncc(C(=O)N2[C@H](C)CC[C@@H]2C)cc1Cl.Cl. The molecule has 1 fully saturated rings. The summed E-state index contributed by atoms with van der Waals surface area (Å²) in [7, 11) is 0. The predicted molar refractivity (Wildman–Crippen MR) is 104 cm³/mol. The second kappa shape index (κ2) is 9.39. The lowest BCUT2D eigenvalue weighted by Gasteiger charge is -2.26. The van der Waals surface area contributed by atoms with Gasteiger partial charge >= 0.3 is 6.03 Å². The van der Waals surface area contributed by atoms with Crippen molar-refractivity contribution in [2.75, 3.05) is 6.54 Å². The lowest BCUT2D eigenvalue weighted by atomic mass is 10.1. The number of nitrogens with zero attached hydrogens (tertiary/aromatic N) is 3. The number of urea groups is 1. The fourth-order valence-corrected chi connectivity index (χ4v) is 3.44. The molecule has 1 aromatic rings. The van der Waals surface area contributed by atoms with Gasteiger partial charge in [-0.1, -0.05) is 11.6 Å². The summed E-state index contributed by atoms with van der Waals surface area (Å²) in [5, 5.41) is 4.14. The van der Waals surface area contributed by atoms with Gasteiger partial charge < -0.3 is 10.2 Å². The van der Waals surface area contributed by atoms with E-state index in [1.165, 1.54) is 6.20 Å². The molecule has 1 saturated heterocycles. The largest absolute Gasteiger partial charge is 0.333 e. The Morgan fingerprint density at radius 3 is 2.50 bits per heavy atom. The maximum Gasteiger partial charge on any atom is 0.332 e. The van der Waals surface area contributed by atoms with Crippen LogP contribution in [-0.2, 0) is 0 Å². The first-order chi connectivity index (χ1) is 11.8. The van der Waals surface area contributed by atoms with Crippen molar-refractivity contribution < 1.29 is 9.59 Å². The Hall–Kier alpha value is -1.57. The first kappa shape index (κ1) is 22.5. The van der Waals surface area contributed by atoms with E-state index >= 15 is 0 Å². The Kier molecular flexibility index (Phi) is 8.12. The first-order valence-corrected chi connectivity index (χ1v) is 8.94. The summed E-state index contributed by atoms with van der Waals surface area (Å²) in [4.78, 5) is 30.8. The van der Waals surface area contributed by atoms with Gasteiger partial charge in [0, 0.05) is 24.8 Å². The Morgan fingerprint density at radius 2 is 2.00 bits per heavy atom. The number of hydrazine groups is 1. The van der Waals surface area contributed by atoms with Crippen LogP contribution >= 0.6 is 24.0 Å². The van der Waals surface area contributed by atoms with E-state index in [0.717, 1.165) is 17.9 Å². The zero-order chi connectivity index (χ0) is 18.7. The van der Waals surface area contributed by atoms with Crippen molar-refractivity contribution >= 4 is 35.9 Å². The normalized spacial score (nSPS) is 20.3. The van der Waals surface area contributed by atoms with E-state index in [2.05, 4.69) is 24.1 Å². The molecular weight excluding hydrogens is 377 g/mol. The Labute approximate surface area is 165 Å². The van der Waals surface area contributed by atoms with Crippen LogP contribution in [0, 0.1) is 0 Å². The third-order valence-electron chi connectivity index (χ3n) is 4.65. The van der Waals surface area contributed by atoms with E-state index in [9.17, 15) is 9.59 Å². The number of hydrogen-bond acceptors (Lipinski definition) is 4. The van der Waals surface area contributed by atoms with Crippen molar-refractivity contribution in [3.8, 4) is 0 Å². The standard InChI is InChI=1S/C17H26ClN5O2.ClH/c1-5-22(19)17(25)21-12(4)15-14(18)8-13(9-20-15)16(24)23-10(2)6-7-11(23)3;/h8-12H,5-7,19H2,1-4H3,(H,21,25);1H/t10-,11+,12-;/m1./s1. The van der Waals surface area contributed by atoms with Crippen LogP contribution in [0.5, 0.6) is 0 Å². The highest BCUT2D eigenvalue weighted by Gasteiger charge is 2.32. The molecule has 1 aliphatic rings. The molecule has 0 aromatic carbocycles. The molecule has 9 heteroatoms. The number of amides is 3. The fourth-order valence-electron chi connectivity index (χ4n) is 3.11. The summed E-state index contributed by atoms with van der Waals surface area (Å²) < 4.78 is 0. The summed E-state index contributed by atoms with van der Waals surface area (Å²) in [6, 6.07) is 1.21. The maximum atomic E-state index is 12.7. The van der Waals surface area contributed by atoms with E-state index < -0.39 is 12.1 Å². The number of rotatable bonds is 4. The summed E-state index contributed by atoms with van der Waals surface area (Å²) in [5.41, 5.74) is 0.959. The molecule has 2 heterocycles. The van der Waals surface area contributed by atoms with Gasteiger partial charge in [0.1, 0.15) is 0 Å². The smallest absolute Gasteiger partial charge is 0.332 e. The summed E-state index contributed by atoms with van der Waals surface area (Å²) >= 11 is 6.32. The van der Waals surface area contributed by atoms with Gasteiger partial charge in [-0.3, -0.25) is 14.8 Å². The lowest BCUT2D eigenvalue weighted by molar-refractivity contribution is 0.0692. The van der Waals surface area contributed by atoms with E-state index in [-0.39, 0.29) is 30.4 Å². The molecule has 1 aliphatic heterocycles. The number of nitrogens with two attached hydrogens (primary N) is 1. The molecule has 7 nitrogen and oxygen atoms in total. The number of hydrogen-bond donors (Lipinski definition) is 2. The molecule has 1 aromatic heterocycles. The van der Waals surface area contributed by atoms with Gasteiger partial charge in [-0.2, -0.15) is 0 Å². The number of carbonyl (C=O) groups is 2. The maximum absolute atomic E-state index is 12.7. The van der Waals surface area contributed by atoms with Crippen molar-refractivity contribution in [2.45, 2.75) is 58.7 Å². The van der Waals surface area contributed by atoms with Crippen LogP contribution < -0.4 is 11.2 Å². The van der Waals surface area contributed by atoms with E-state index in [1.807, 2.05) is 4.90 Å². The van der Waals surface area contributed by atoms with Gasteiger partial charge in [-0.25, -0.2) is 10.6 Å². The minimum absolute atomic E-state index is 0. The van der Waals surface area contributed by atoms with Gasteiger partial charge in [0.15, 0.2) is 0 Å². The number of halogens is 2. The number of pyridine rings is 1. The highest BCUT2D eigenvalue weighted by molar-refractivity contribution is 6.31. The molecule has 0 aliphatic carbocycles. The average Bonchev–Trinajstić information content (AvgIpc) is 2.91. The second-order valence-electron chi connectivity index (χ2n) is 6.54. The minimum atomic E-state index is -0.425. The van der Waals surface area contributed by atoms with E-state index in [0.29, 0.717) is 22.8 Å². The average molecular weight is 404 g/mol. The zero-order valence-electron chi connectivity index (χ0n) is 15.5. The zero-order valence-corrected chi connectivity index (χ0v) is 17.1. The highest BCUT2D eigenvalue weighted by atomic mass is 35.5. The first-order valence-electron chi connectivity index (χ1n) is 8.57. The summed E-state index contributed by atoms with van der Waals surface area (Å²) in [6.07, 6.45) is 3.52. The molecule has 0 bridgehead atoms.